The largest absolute Gasteiger partial charge is 0.416 e. The number of para-hydroxylation sites is 1. The van der Waals surface area contributed by atoms with Crippen LogP contribution < -0.4 is 10.6 Å². The normalized spacial score (nSPS) is 14.7. The van der Waals surface area contributed by atoms with Gasteiger partial charge in [0.2, 0.25) is 5.91 Å². The number of likely N-dealkylation sites (tertiary alicyclic amines) is 1. The summed E-state index contributed by atoms with van der Waals surface area (Å²) in [5, 5.41) is 6.01. The molecule has 0 aliphatic carbocycles. The number of alkyl halides is 3. The second kappa shape index (κ2) is 14.1. The van der Waals surface area contributed by atoms with E-state index >= 15 is 0 Å². The minimum Gasteiger partial charge on any atom is -0.324 e. The molecule has 5 aromatic rings. The highest BCUT2D eigenvalue weighted by Crippen LogP contribution is 2.35. The Kier molecular flexibility index (Phi) is 9.50. The summed E-state index contributed by atoms with van der Waals surface area (Å²) in [6.45, 7) is 1.51. The molecule has 1 saturated heterocycles. The predicted octanol–water partition coefficient (Wildman–Crippen LogP) is 9.18. The molecule has 1 aliphatic rings. The highest BCUT2D eigenvalue weighted by atomic mass is 19.4. The fourth-order valence-electron chi connectivity index (χ4n) is 6.20. The smallest absolute Gasteiger partial charge is 0.324 e. The lowest BCUT2D eigenvalue weighted by atomic mass is 9.88. The van der Waals surface area contributed by atoms with Crippen LogP contribution in [0.5, 0.6) is 0 Å². The van der Waals surface area contributed by atoms with Crippen LogP contribution in [0.3, 0.4) is 0 Å². The van der Waals surface area contributed by atoms with Gasteiger partial charge in [-0.15, -0.1) is 0 Å². The van der Waals surface area contributed by atoms with Gasteiger partial charge in [-0.05, 0) is 96.6 Å². The quantitative estimate of drug-likeness (QED) is 0.179. The molecular weight excluding hydrogens is 599 g/mol. The van der Waals surface area contributed by atoms with Gasteiger partial charge in [0, 0.05) is 16.9 Å². The van der Waals surface area contributed by atoms with Gasteiger partial charge < -0.3 is 10.6 Å². The zero-order chi connectivity index (χ0) is 32.8. The summed E-state index contributed by atoms with van der Waals surface area (Å²) in [6.07, 6.45) is -2.66. The van der Waals surface area contributed by atoms with Crippen LogP contribution >= 0.6 is 0 Å². The van der Waals surface area contributed by atoms with Gasteiger partial charge in [-0.3, -0.25) is 14.5 Å². The lowest BCUT2D eigenvalue weighted by Crippen LogP contribution is -2.41. The number of anilines is 2. The molecule has 5 nitrogen and oxygen atoms in total. The number of piperidine rings is 1. The van der Waals surface area contributed by atoms with Crippen molar-refractivity contribution in [1.82, 2.24) is 4.90 Å². The van der Waals surface area contributed by atoms with Crippen LogP contribution in [0.1, 0.15) is 51.8 Å². The lowest BCUT2D eigenvalue weighted by Gasteiger charge is -2.37. The molecule has 238 valence electrons. The van der Waals surface area contributed by atoms with Crippen molar-refractivity contribution in [2.75, 3.05) is 23.7 Å². The van der Waals surface area contributed by atoms with Crippen LogP contribution in [-0.4, -0.2) is 29.8 Å². The highest BCUT2D eigenvalue weighted by Gasteiger charge is 2.32. The van der Waals surface area contributed by atoms with Crippen LogP contribution in [0.25, 0.3) is 11.1 Å². The Hall–Kier alpha value is -5.21. The fraction of sp³-hybridized carbons (Fsp3) is 0.179. The number of nitrogens with zero attached hydrogens (tertiary/aromatic N) is 1. The third-order valence-electron chi connectivity index (χ3n) is 8.63. The molecule has 2 N–H and O–H groups in total. The molecule has 1 unspecified atom stereocenters. The fourth-order valence-corrected chi connectivity index (χ4v) is 6.20. The van der Waals surface area contributed by atoms with Crippen molar-refractivity contribution in [2.45, 2.75) is 31.0 Å². The summed E-state index contributed by atoms with van der Waals surface area (Å²) in [4.78, 5) is 29.0. The molecular formula is C39H34F3N3O2. The van der Waals surface area contributed by atoms with Gasteiger partial charge >= 0.3 is 6.18 Å². The highest BCUT2D eigenvalue weighted by molar-refractivity contribution is 6.08. The Morgan fingerprint density at radius 3 is 1.87 bits per heavy atom. The summed E-state index contributed by atoms with van der Waals surface area (Å²) in [6, 6.07) is 38.4. The van der Waals surface area contributed by atoms with Crippen molar-refractivity contribution in [1.29, 1.82) is 0 Å². The monoisotopic (exact) mass is 633 g/mol. The summed E-state index contributed by atoms with van der Waals surface area (Å²) in [7, 11) is 0. The summed E-state index contributed by atoms with van der Waals surface area (Å²) >= 11 is 0. The lowest BCUT2D eigenvalue weighted by molar-refractivity contribution is -0.137. The van der Waals surface area contributed by atoms with Crippen molar-refractivity contribution < 1.29 is 22.8 Å². The molecule has 0 bridgehead atoms. The number of nitrogens with one attached hydrogen (secondary N) is 2. The summed E-state index contributed by atoms with van der Waals surface area (Å²) < 4.78 is 39.1. The van der Waals surface area contributed by atoms with Gasteiger partial charge in [0.05, 0.1) is 5.56 Å². The van der Waals surface area contributed by atoms with Gasteiger partial charge in [0.15, 0.2) is 0 Å². The Bertz CT molecular complexity index is 1800. The first-order valence-corrected chi connectivity index (χ1v) is 15.6. The van der Waals surface area contributed by atoms with Crippen LogP contribution in [-0.2, 0) is 11.0 Å². The van der Waals surface area contributed by atoms with Gasteiger partial charge in [-0.1, -0.05) is 91.0 Å². The van der Waals surface area contributed by atoms with Gasteiger partial charge in [0.1, 0.15) is 6.04 Å². The third kappa shape index (κ3) is 7.61. The zero-order valence-electron chi connectivity index (χ0n) is 25.6. The summed E-state index contributed by atoms with van der Waals surface area (Å²) in [5.74, 6) is -0.0897. The van der Waals surface area contributed by atoms with Crippen LogP contribution in [0, 0.1) is 0 Å². The number of hydrogen-bond acceptors (Lipinski definition) is 3. The van der Waals surface area contributed by atoms with Gasteiger partial charge in [-0.25, -0.2) is 0 Å². The second-order valence-electron chi connectivity index (χ2n) is 11.7. The number of halogens is 3. The van der Waals surface area contributed by atoms with E-state index in [0.717, 1.165) is 54.9 Å². The van der Waals surface area contributed by atoms with Crippen molar-refractivity contribution in [3.63, 3.8) is 0 Å². The van der Waals surface area contributed by atoms with Crippen LogP contribution in [0.4, 0.5) is 24.5 Å². The van der Waals surface area contributed by atoms with E-state index in [-0.39, 0.29) is 11.8 Å². The van der Waals surface area contributed by atoms with Crippen LogP contribution in [0.2, 0.25) is 0 Å². The number of carbonyl (C=O) groups is 2. The molecule has 0 saturated carbocycles. The molecule has 5 aromatic carbocycles. The SMILES string of the molecule is O=C(Nc1ccc(C2CCN(C(C(=O)Nc3ccccc3)c3ccccc3)CC2)cc1)c1ccccc1-c1ccc(C(F)(F)F)cc1. The molecule has 0 radical (unpaired) electrons. The van der Waals surface area contributed by atoms with E-state index in [9.17, 15) is 22.8 Å². The van der Waals surface area contributed by atoms with E-state index in [1.807, 2.05) is 84.9 Å². The molecule has 1 fully saturated rings. The van der Waals surface area contributed by atoms with Gasteiger partial charge in [-0.2, -0.15) is 13.2 Å². The Labute approximate surface area is 272 Å². The van der Waals surface area contributed by atoms with Crippen molar-refractivity contribution >= 4 is 23.2 Å². The number of amides is 2. The topological polar surface area (TPSA) is 61.4 Å². The molecule has 0 aromatic heterocycles. The predicted molar refractivity (Wildman–Crippen MR) is 179 cm³/mol. The van der Waals surface area contributed by atoms with E-state index in [1.165, 1.54) is 12.1 Å². The molecule has 47 heavy (non-hydrogen) atoms. The molecule has 6 rings (SSSR count). The number of hydrogen-bond donors (Lipinski definition) is 2. The Balaban J connectivity index is 1.10. The minimum atomic E-state index is -4.43. The van der Waals surface area contributed by atoms with E-state index < -0.39 is 17.8 Å². The van der Waals surface area contributed by atoms with Crippen LogP contribution in [0.15, 0.2) is 133 Å². The summed E-state index contributed by atoms with van der Waals surface area (Å²) in [5.41, 5.74) is 4.22. The molecule has 1 atom stereocenters. The minimum absolute atomic E-state index is 0.0548. The molecule has 1 heterocycles. The Morgan fingerprint density at radius 1 is 0.660 bits per heavy atom. The maximum absolute atomic E-state index is 13.5. The van der Waals surface area contributed by atoms with E-state index in [2.05, 4.69) is 15.5 Å². The number of benzene rings is 5. The molecule has 2 amide bonds. The first-order chi connectivity index (χ1) is 22.8. The first kappa shape index (κ1) is 31.8. The maximum atomic E-state index is 13.5. The van der Waals surface area contributed by atoms with Crippen molar-refractivity contribution in [2.24, 2.45) is 0 Å². The van der Waals surface area contributed by atoms with E-state index in [0.29, 0.717) is 28.3 Å². The molecule has 1 aliphatic heterocycles. The number of carbonyl (C=O) groups excluding carboxylic acids is 2. The zero-order valence-corrected chi connectivity index (χ0v) is 25.6. The van der Waals surface area contributed by atoms with E-state index in [1.54, 1.807) is 24.3 Å². The standard InChI is InChI=1S/C39H34F3N3O2/c40-39(41,42)31-19-15-29(16-20-31)34-13-7-8-14-35(34)37(46)43-33-21-17-27(18-22-33)28-23-25-45(26-24-28)36(30-9-3-1-4-10-30)38(47)44-32-11-5-2-6-12-32/h1-22,28,36H,23-26H2,(H,43,46)(H,44,47). The maximum Gasteiger partial charge on any atom is 0.416 e. The second-order valence-corrected chi connectivity index (χ2v) is 11.7. The van der Waals surface area contributed by atoms with Gasteiger partial charge in [0.25, 0.3) is 5.91 Å². The number of rotatable bonds is 8. The molecule has 0 spiro atoms. The van der Waals surface area contributed by atoms with E-state index in [4.69, 9.17) is 0 Å². The average Bonchev–Trinajstić information content (AvgIpc) is 3.10. The molecule has 8 heteroatoms. The average molecular weight is 634 g/mol. The third-order valence-corrected chi connectivity index (χ3v) is 8.63. The Morgan fingerprint density at radius 2 is 1.23 bits per heavy atom. The first-order valence-electron chi connectivity index (χ1n) is 15.6. The van der Waals surface area contributed by atoms with Crippen molar-refractivity contribution in [3.05, 3.63) is 156 Å². The van der Waals surface area contributed by atoms with Crippen molar-refractivity contribution in [3.8, 4) is 11.1 Å².